The van der Waals surface area contributed by atoms with Gasteiger partial charge in [0.15, 0.2) is 23.0 Å². The Balaban J connectivity index is 2.43. The van der Waals surface area contributed by atoms with Crippen molar-refractivity contribution in [2.75, 3.05) is 14.2 Å². The van der Waals surface area contributed by atoms with Gasteiger partial charge in [0, 0.05) is 11.1 Å². The first kappa shape index (κ1) is 15.2. The van der Waals surface area contributed by atoms with E-state index in [1.54, 1.807) is 0 Å². The van der Waals surface area contributed by atoms with Crippen molar-refractivity contribution in [1.29, 1.82) is 0 Å². The van der Waals surface area contributed by atoms with E-state index in [4.69, 9.17) is 9.47 Å². The van der Waals surface area contributed by atoms with Crippen molar-refractivity contribution in [1.82, 2.24) is 0 Å². The van der Waals surface area contributed by atoms with E-state index in [1.807, 2.05) is 0 Å². The predicted octanol–water partition coefficient (Wildman–Crippen LogP) is 1.93. The number of hydrogen-bond acceptors (Lipinski definition) is 6. The molecule has 0 bridgehead atoms. The Kier molecular flexibility index (Phi) is 4.18. The van der Waals surface area contributed by atoms with E-state index in [1.165, 1.54) is 38.5 Å². The molecule has 22 heavy (non-hydrogen) atoms. The largest absolute Gasteiger partial charge is 0.504 e. The standard InChI is InChI=1S/C16H14O6/c1-21-13-7-9(5-11(17)15(13)19)3-4-10-6-12(18)16(20)14(8-10)22-2/h5-8,17-20H,1-2H3. The molecule has 2 aromatic rings. The number of hydrogen-bond donors (Lipinski definition) is 4. The lowest BCUT2D eigenvalue weighted by Gasteiger charge is -2.06. The minimum absolute atomic E-state index is 0.0930. The van der Waals surface area contributed by atoms with Crippen LogP contribution in [0.15, 0.2) is 24.3 Å². The maximum atomic E-state index is 9.58. The van der Waals surface area contributed by atoms with E-state index >= 15 is 0 Å². The third-order valence-corrected chi connectivity index (χ3v) is 2.90. The van der Waals surface area contributed by atoms with Gasteiger partial charge < -0.3 is 29.9 Å². The van der Waals surface area contributed by atoms with Crippen LogP contribution in [0.3, 0.4) is 0 Å². The predicted molar refractivity (Wildman–Crippen MR) is 78.6 cm³/mol. The molecule has 0 amide bonds. The van der Waals surface area contributed by atoms with Gasteiger partial charge in [-0.15, -0.1) is 0 Å². The summed E-state index contributed by atoms with van der Waals surface area (Å²) in [4.78, 5) is 0. The summed E-state index contributed by atoms with van der Waals surface area (Å²) in [5, 5.41) is 38.2. The molecule has 0 radical (unpaired) electrons. The molecule has 6 heteroatoms. The molecule has 0 saturated heterocycles. The highest BCUT2D eigenvalue weighted by Gasteiger charge is 2.10. The molecule has 2 aromatic carbocycles. The second-order valence-corrected chi connectivity index (χ2v) is 4.34. The quantitative estimate of drug-likeness (QED) is 0.500. The van der Waals surface area contributed by atoms with Gasteiger partial charge in [0.05, 0.1) is 14.2 Å². The fraction of sp³-hybridized carbons (Fsp3) is 0.125. The average molecular weight is 302 g/mol. The van der Waals surface area contributed by atoms with Gasteiger partial charge in [-0.1, -0.05) is 11.8 Å². The van der Waals surface area contributed by atoms with Gasteiger partial charge >= 0.3 is 0 Å². The Hall–Kier alpha value is -3.20. The molecule has 0 fully saturated rings. The number of ether oxygens (including phenoxy) is 2. The molecule has 0 unspecified atom stereocenters. The molecule has 0 aliphatic heterocycles. The second kappa shape index (κ2) is 6.06. The van der Waals surface area contributed by atoms with Crippen molar-refractivity contribution in [3.05, 3.63) is 35.4 Å². The van der Waals surface area contributed by atoms with Gasteiger partial charge in [-0.25, -0.2) is 0 Å². The lowest BCUT2D eigenvalue weighted by molar-refractivity contribution is 0.351. The van der Waals surface area contributed by atoms with Gasteiger partial charge in [0.25, 0.3) is 0 Å². The number of rotatable bonds is 2. The van der Waals surface area contributed by atoms with Crippen LogP contribution in [-0.4, -0.2) is 34.6 Å². The van der Waals surface area contributed by atoms with Crippen molar-refractivity contribution in [3.63, 3.8) is 0 Å². The number of phenolic OH excluding ortho intramolecular Hbond substituents is 4. The van der Waals surface area contributed by atoms with Crippen LogP contribution in [0.1, 0.15) is 11.1 Å². The lowest BCUT2D eigenvalue weighted by Crippen LogP contribution is -1.87. The molecule has 114 valence electrons. The summed E-state index contributed by atoms with van der Waals surface area (Å²) in [6.45, 7) is 0. The minimum atomic E-state index is -0.364. The fourth-order valence-electron chi connectivity index (χ4n) is 1.79. The Morgan fingerprint density at radius 3 is 1.36 bits per heavy atom. The number of phenols is 4. The summed E-state index contributed by atoms with van der Waals surface area (Å²) in [5.41, 5.74) is 0.803. The second-order valence-electron chi connectivity index (χ2n) is 4.34. The minimum Gasteiger partial charge on any atom is -0.504 e. The van der Waals surface area contributed by atoms with Crippen LogP contribution in [-0.2, 0) is 0 Å². The topological polar surface area (TPSA) is 99.4 Å². The Labute approximate surface area is 126 Å². The Morgan fingerprint density at radius 1 is 0.682 bits per heavy atom. The molecule has 0 atom stereocenters. The van der Waals surface area contributed by atoms with Crippen molar-refractivity contribution >= 4 is 0 Å². The van der Waals surface area contributed by atoms with Crippen LogP contribution in [0, 0.1) is 11.8 Å². The normalized spacial score (nSPS) is 9.73. The van der Waals surface area contributed by atoms with Crippen molar-refractivity contribution in [2.24, 2.45) is 0 Å². The molecule has 2 rings (SSSR count). The average Bonchev–Trinajstić information content (AvgIpc) is 2.51. The molecular formula is C16H14O6. The van der Waals surface area contributed by atoms with Crippen molar-refractivity contribution < 1.29 is 29.9 Å². The maximum absolute atomic E-state index is 9.58. The zero-order valence-electron chi connectivity index (χ0n) is 11.9. The van der Waals surface area contributed by atoms with Crippen LogP contribution in [0.25, 0.3) is 0 Å². The van der Waals surface area contributed by atoms with Crippen LogP contribution in [0.5, 0.6) is 34.5 Å². The van der Waals surface area contributed by atoms with Crippen LogP contribution < -0.4 is 9.47 Å². The summed E-state index contributed by atoms with van der Waals surface area (Å²) >= 11 is 0. The summed E-state index contributed by atoms with van der Waals surface area (Å²) in [7, 11) is 2.71. The molecule has 6 nitrogen and oxygen atoms in total. The first-order valence-corrected chi connectivity index (χ1v) is 6.18. The zero-order valence-corrected chi connectivity index (χ0v) is 11.9. The molecule has 4 N–H and O–H groups in total. The van der Waals surface area contributed by atoms with E-state index in [9.17, 15) is 20.4 Å². The molecule has 0 heterocycles. The van der Waals surface area contributed by atoms with Gasteiger partial charge in [0.2, 0.25) is 11.5 Å². The first-order valence-electron chi connectivity index (χ1n) is 6.18. The Bertz CT molecular complexity index is 707. The highest BCUT2D eigenvalue weighted by Crippen LogP contribution is 2.37. The zero-order chi connectivity index (χ0) is 16.3. The number of benzene rings is 2. The fourth-order valence-corrected chi connectivity index (χ4v) is 1.79. The summed E-state index contributed by atoms with van der Waals surface area (Å²) in [6, 6.07) is 5.48. The van der Waals surface area contributed by atoms with Gasteiger partial charge in [0.1, 0.15) is 0 Å². The number of methoxy groups -OCH3 is 2. The van der Waals surface area contributed by atoms with Gasteiger partial charge in [-0.05, 0) is 24.3 Å². The molecular weight excluding hydrogens is 288 g/mol. The van der Waals surface area contributed by atoms with E-state index in [0.717, 1.165) is 0 Å². The summed E-state index contributed by atoms with van der Waals surface area (Å²) in [6.07, 6.45) is 0. The third kappa shape index (κ3) is 2.94. The lowest BCUT2D eigenvalue weighted by atomic mass is 10.1. The van der Waals surface area contributed by atoms with E-state index < -0.39 is 0 Å². The molecule has 0 spiro atoms. The highest BCUT2D eigenvalue weighted by atomic mass is 16.5. The van der Waals surface area contributed by atoms with Gasteiger partial charge in [-0.2, -0.15) is 0 Å². The van der Waals surface area contributed by atoms with E-state index in [-0.39, 0.29) is 34.5 Å². The third-order valence-electron chi connectivity index (χ3n) is 2.90. The molecule has 0 saturated carbocycles. The van der Waals surface area contributed by atoms with Crippen LogP contribution in [0.4, 0.5) is 0 Å². The maximum Gasteiger partial charge on any atom is 0.200 e. The monoisotopic (exact) mass is 302 g/mol. The van der Waals surface area contributed by atoms with Gasteiger partial charge in [-0.3, -0.25) is 0 Å². The Morgan fingerprint density at radius 2 is 1.05 bits per heavy atom. The molecule has 0 aliphatic rings. The van der Waals surface area contributed by atoms with Crippen molar-refractivity contribution in [3.8, 4) is 46.3 Å². The molecule has 0 aromatic heterocycles. The van der Waals surface area contributed by atoms with Crippen LogP contribution >= 0.6 is 0 Å². The summed E-state index contributed by atoms with van der Waals surface area (Å²) < 4.78 is 9.84. The van der Waals surface area contributed by atoms with E-state index in [0.29, 0.717) is 11.1 Å². The highest BCUT2D eigenvalue weighted by molar-refractivity contribution is 5.59. The first-order chi connectivity index (χ1) is 10.5. The number of aromatic hydroxyl groups is 4. The van der Waals surface area contributed by atoms with Crippen molar-refractivity contribution in [2.45, 2.75) is 0 Å². The van der Waals surface area contributed by atoms with Crippen LogP contribution in [0.2, 0.25) is 0 Å². The van der Waals surface area contributed by atoms with E-state index in [2.05, 4.69) is 11.8 Å². The smallest absolute Gasteiger partial charge is 0.200 e. The molecule has 0 aliphatic carbocycles. The SMILES string of the molecule is COc1cc(C#Cc2cc(O)c(O)c(OC)c2)cc(O)c1O. The summed E-state index contributed by atoms with van der Waals surface area (Å²) in [5.74, 6) is 4.26.